The lowest BCUT2D eigenvalue weighted by Gasteiger charge is -2.19. The van der Waals surface area contributed by atoms with Crippen LogP contribution in [0.15, 0.2) is 12.2 Å². The second kappa shape index (κ2) is 1.47. The topological polar surface area (TPSA) is 17.1 Å². The minimum atomic E-state index is 0.438. The van der Waals surface area contributed by atoms with Crippen molar-refractivity contribution >= 4 is 5.78 Å². The summed E-state index contributed by atoms with van der Waals surface area (Å²) in [6.07, 6.45) is 8.27. The highest BCUT2D eigenvalue weighted by Gasteiger charge is 2.37. The summed E-state index contributed by atoms with van der Waals surface area (Å²) in [5.74, 6) is 0.453. The highest BCUT2D eigenvalue weighted by molar-refractivity contribution is 5.79. The fraction of sp³-hybridized carbons (Fsp3) is 0.625. The second-order valence-electron chi connectivity index (χ2n) is 3.11. The highest BCUT2D eigenvalue weighted by Crippen LogP contribution is 2.46. The van der Waals surface area contributed by atoms with E-state index in [9.17, 15) is 4.79 Å². The molecule has 0 amide bonds. The lowest BCUT2D eigenvalue weighted by Crippen LogP contribution is -2.15. The van der Waals surface area contributed by atoms with E-state index >= 15 is 0 Å². The first-order valence-corrected chi connectivity index (χ1v) is 3.53. The summed E-state index contributed by atoms with van der Waals surface area (Å²) in [5, 5.41) is 0. The molecule has 0 bridgehead atoms. The average molecular weight is 122 g/mol. The molecule has 0 aromatic rings. The van der Waals surface area contributed by atoms with Gasteiger partial charge in [0.05, 0.1) is 0 Å². The molecule has 0 aliphatic heterocycles. The van der Waals surface area contributed by atoms with Gasteiger partial charge in [-0.05, 0) is 12.8 Å². The molecule has 0 N–H and O–H groups in total. The lowest BCUT2D eigenvalue weighted by molar-refractivity contribution is -0.121. The smallest absolute Gasteiger partial charge is 0.132 e. The summed E-state index contributed by atoms with van der Waals surface area (Å²) >= 11 is 0. The molecule has 1 heteroatoms. The van der Waals surface area contributed by atoms with Crippen molar-refractivity contribution in [3.63, 3.8) is 0 Å². The van der Waals surface area contributed by atoms with Gasteiger partial charge in [-0.2, -0.15) is 0 Å². The van der Waals surface area contributed by atoms with E-state index in [2.05, 4.69) is 12.2 Å². The number of ketones is 1. The second-order valence-corrected chi connectivity index (χ2v) is 3.11. The maximum Gasteiger partial charge on any atom is 0.132 e. The molecule has 1 saturated carbocycles. The number of allylic oxidation sites excluding steroid dienone is 2. The Morgan fingerprint density at radius 2 is 1.78 bits per heavy atom. The molecule has 0 radical (unpaired) electrons. The maximum absolute atomic E-state index is 10.8. The van der Waals surface area contributed by atoms with E-state index < -0.39 is 0 Å². The minimum Gasteiger partial charge on any atom is -0.300 e. The van der Waals surface area contributed by atoms with Crippen LogP contribution in [-0.2, 0) is 4.79 Å². The fourth-order valence-electron chi connectivity index (χ4n) is 1.45. The van der Waals surface area contributed by atoms with E-state index in [4.69, 9.17) is 0 Å². The first kappa shape index (κ1) is 5.21. The van der Waals surface area contributed by atoms with E-state index in [1.54, 1.807) is 0 Å². The van der Waals surface area contributed by atoms with Gasteiger partial charge in [-0.15, -0.1) is 0 Å². The third-order valence-electron chi connectivity index (χ3n) is 2.38. The molecule has 0 saturated heterocycles. The van der Waals surface area contributed by atoms with Gasteiger partial charge in [0, 0.05) is 18.3 Å². The number of hydrogen-bond donors (Lipinski definition) is 0. The Morgan fingerprint density at radius 1 is 1.22 bits per heavy atom. The van der Waals surface area contributed by atoms with Gasteiger partial charge in [-0.25, -0.2) is 0 Å². The molecular weight excluding hydrogens is 112 g/mol. The molecule has 0 aromatic carbocycles. The maximum atomic E-state index is 10.8. The van der Waals surface area contributed by atoms with E-state index in [1.165, 1.54) is 0 Å². The van der Waals surface area contributed by atoms with Gasteiger partial charge in [0.2, 0.25) is 0 Å². The molecule has 0 atom stereocenters. The number of rotatable bonds is 0. The third kappa shape index (κ3) is 0.805. The number of Topliss-reactive ketones (excluding diaryl/α,β-unsaturated/α-hetero) is 1. The van der Waals surface area contributed by atoms with E-state index in [1.807, 2.05) is 0 Å². The zero-order chi connectivity index (χ0) is 6.32. The Labute approximate surface area is 54.8 Å². The van der Waals surface area contributed by atoms with Gasteiger partial charge < -0.3 is 0 Å². The summed E-state index contributed by atoms with van der Waals surface area (Å²) in [5.41, 5.74) is 0.438. The predicted molar refractivity (Wildman–Crippen MR) is 35.0 cm³/mol. The van der Waals surface area contributed by atoms with E-state index in [0.717, 1.165) is 25.7 Å². The lowest BCUT2D eigenvalue weighted by atomic mass is 9.84. The molecule has 2 aliphatic carbocycles. The molecule has 48 valence electrons. The average Bonchev–Trinajstić information content (AvgIpc) is 2.60. The van der Waals surface area contributed by atoms with Crippen molar-refractivity contribution in [2.75, 3.05) is 0 Å². The zero-order valence-corrected chi connectivity index (χ0v) is 5.39. The van der Waals surface area contributed by atoms with Crippen molar-refractivity contribution in [2.24, 2.45) is 5.41 Å². The van der Waals surface area contributed by atoms with Gasteiger partial charge in [0.1, 0.15) is 5.78 Å². The fourth-order valence-corrected chi connectivity index (χ4v) is 1.45. The number of carbonyl (C=O) groups is 1. The third-order valence-corrected chi connectivity index (χ3v) is 2.38. The van der Waals surface area contributed by atoms with Crippen molar-refractivity contribution in [3.05, 3.63) is 12.2 Å². The van der Waals surface area contributed by atoms with Gasteiger partial charge >= 0.3 is 0 Å². The first-order chi connectivity index (χ1) is 4.31. The highest BCUT2D eigenvalue weighted by atomic mass is 16.1. The first-order valence-electron chi connectivity index (χ1n) is 3.53. The Morgan fingerprint density at radius 3 is 2.22 bits per heavy atom. The largest absolute Gasteiger partial charge is 0.300 e. The molecule has 9 heavy (non-hydrogen) atoms. The van der Waals surface area contributed by atoms with Gasteiger partial charge in [-0.3, -0.25) is 4.79 Å². The van der Waals surface area contributed by atoms with Crippen molar-refractivity contribution in [1.29, 1.82) is 0 Å². The summed E-state index contributed by atoms with van der Waals surface area (Å²) in [4.78, 5) is 10.8. The van der Waals surface area contributed by atoms with Crippen LogP contribution < -0.4 is 0 Å². The van der Waals surface area contributed by atoms with E-state index in [-0.39, 0.29) is 0 Å². The van der Waals surface area contributed by atoms with Crippen LogP contribution in [0.25, 0.3) is 0 Å². The van der Waals surface area contributed by atoms with Gasteiger partial charge in [0.15, 0.2) is 0 Å². The minimum absolute atomic E-state index is 0.438. The monoisotopic (exact) mass is 122 g/mol. The Bertz CT molecular complexity index is 161. The normalized spacial score (nSPS) is 29.1. The Balaban J connectivity index is 1.99. The standard InChI is InChI=1S/C8H10O/c9-7-1-3-8(4-2-7)5-6-8/h5-6H,1-4H2. The van der Waals surface area contributed by atoms with Crippen LogP contribution >= 0.6 is 0 Å². The van der Waals surface area contributed by atoms with Crippen LogP contribution in [0.3, 0.4) is 0 Å². The van der Waals surface area contributed by atoms with Crippen LogP contribution in [0.5, 0.6) is 0 Å². The Hall–Kier alpha value is -0.590. The summed E-state index contributed by atoms with van der Waals surface area (Å²) in [7, 11) is 0. The number of carbonyl (C=O) groups excluding carboxylic acids is 1. The number of hydrogen-bond acceptors (Lipinski definition) is 1. The molecule has 1 spiro atoms. The van der Waals surface area contributed by atoms with Crippen LogP contribution in [0.1, 0.15) is 25.7 Å². The molecule has 1 nitrogen and oxygen atoms in total. The van der Waals surface area contributed by atoms with Crippen LogP contribution in [0.4, 0.5) is 0 Å². The van der Waals surface area contributed by atoms with Crippen LogP contribution in [0, 0.1) is 5.41 Å². The van der Waals surface area contributed by atoms with Gasteiger partial charge in [0.25, 0.3) is 0 Å². The van der Waals surface area contributed by atoms with Crippen LogP contribution in [0.2, 0.25) is 0 Å². The summed E-state index contributed by atoms with van der Waals surface area (Å²) < 4.78 is 0. The Kier molecular flexibility index (Phi) is 0.850. The van der Waals surface area contributed by atoms with Crippen molar-refractivity contribution in [3.8, 4) is 0 Å². The van der Waals surface area contributed by atoms with Crippen molar-refractivity contribution in [2.45, 2.75) is 25.7 Å². The van der Waals surface area contributed by atoms with Crippen molar-refractivity contribution in [1.82, 2.24) is 0 Å². The molecular formula is C8H10O. The molecule has 0 unspecified atom stereocenters. The van der Waals surface area contributed by atoms with E-state index in [0.29, 0.717) is 11.2 Å². The molecule has 0 heterocycles. The molecule has 0 aromatic heterocycles. The summed E-state index contributed by atoms with van der Waals surface area (Å²) in [6, 6.07) is 0. The molecule has 1 fully saturated rings. The van der Waals surface area contributed by atoms with Gasteiger partial charge in [-0.1, -0.05) is 12.2 Å². The SMILES string of the molecule is O=C1CCC2(C=C2)CC1. The van der Waals surface area contributed by atoms with Crippen LogP contribution in [-0.4, -0.2) is 5.78 Å². The van der Waals surface area contributed by atoms with Crippen molar-refractivity contribution < 1.29 is 4.79 Å². The summed E-state index contributed by atoms with van der Waals surface area (Å²) in [6.45, 7) is 0. The zero-order valence-electron chi connectivity index (χ0n) is 5.39. The predicted octanol–water partition coefficient (Wildman–Crippen LogP) is 1.69. The molecule has 2 aliphatic rings. The molecule has 2 rings (SSSR count). The quantitative estimate of drug-likeness (QED) is 0.447.